The van der Waals surface area contributed by atoms with E-state index in [4.69, 9.17) is 21.1 Å². The summed E-state index contributed by atoms with van der Waals surface area (Å²) in [6.07, 6.45) is 2.39. The van der Waals surface area contributed by atoms with E-state index in [-0.39, 0.29) is 26.9 Å². The smallest absolute Gasteiger partial charge is 0.341 e. The molecule has 0 aliphatic heterocycles. The zero-order valence-corrected chi connectivity index (χ0v) is 24.0. The Morgan fingerprint density at radius 2 is 1.82 bits per heavy atom. The fourth-order valence-corrected chi connectivity index (χ4v) is 6.84. The number of esters is 1. The van der Waals surface area contributed by atoms with Gasteiger partial charge in [0.25, 0.3) is 15.9 Å². The van der Waals surface area contributed by atoms with Crippen molar-refractivity contribution in [1.82, 2.24) is 0 Å². The van der Waals surface area contributed by atoms with Gasteiger partial charge in [-0.2, -0.15) is 5.11 Å². The standard InChI is InChI=1S/C26H25ClN4O7S2/c1-14(32)23(24(33)28-25-22(26(34)38-3)18-5-4-6-20(18)39-25)30-29-16-9-12-19(27)21(13-16)40(35,36)31-15-7-10-17(37-2)11-8-15/h7-13,31-32H,4-6H2,1-3H3,(H,28,33)/b23-14+,30-29?. The van der Waals surface area contributed by atoms with Gasteiger partial charge in [0.2, 0.25) is 0 Å². The first-order chi connectivity index (χ1) is 19.0. The molecule has 1 amide bonds. The molecular weight excluding hydrogens is 580 g/mol. The van der Waals surface area contributed by atoms with E-state index in [1.165, 1.54) is 62.8 Å². The van der Waals surface area contributed by atoms with Gasteiger partial charge < -0.3 is 19.9 Å². The van der Waals surface area contributed by atoms with Crippen LogP contribution in [0.5, 0.6) is 5.75 Å². The number of thiophene rings is 1. The molecule has 0 saturated heterocycles. The number of aliphatic hydroxyl groups excluding tert-OH is 1. The Bertz CT molecular complexity index is 1630. The number of nitrogens with one attached hydrogen (secondary N) is 2. The molecule has 1 heterocycles. The Morgan fingerprint density at radius 3 is 2.48 bits per heavy atom. The molecule has 3 aromatic rings. The number of methoxy groups -OCH3 is 2. The summed E-state index contributed by atoms with van der Waals surface area (Å²) in [4.78, 5) is 26.1. The molecule has 14 heteroatoms. The lowest BCUT2D eigenvalue weighted by atomic mass is 10.1. The van der Waals surface area contributed by atoms with Crippen LogP contribution in [0.1, 0.15) is 34.1 Å². The van der Waals surface area contributed by atoms with Crippen LogP contribution in [0.4, 0.5) is 16.4 Å². The first kappa shape index (κ1) is 29.1. The minimum absolute atomic E-state index is 0.0522. The van der Waals surface area contributed by atoms with Gasteiger partial charge in [-0.3, -0.25) is 9.52 Å². The number of rotatable bonds is 9. The maximum Gasteiger partial charge on any atom is 0.341 e. The Kier molecular flexibility index (Phi) is 8.76. The molecule has 0 saturated carbocycles. The lowest BCUT2D eigenvalue weighted by molar-refractivity contribution is -0.113. The summed E-state index contributed by atoms with van der Waals surface area (Å²) in [5.74, 6) is -1.26. The number of ether oxygens (including phenoxy) is 2. The predicted molar refractivity (Wildman–Crippen MR) is 151 cm³/mol. The fraction of sp³-hybridized carbons (Fsp3) is 0.231. The summed E-state index contributed by atoms with van der Waals surface area (Å²) in [5.41, 5.74) is 1.04. The second-order valence-electron chi connectivity index (χ2n) is 8.59. The zero-order chi connectivity index (χ0) is 29.0. The molecule has 0 spiro atoms. The maximum atomic E-state index is 13.0. The number of carbonyl (C=O) groups excluding carboxylic acids is 2. The lowest BCUT2D eigenvalue weighted by Gasteiger charge is -2.10. The Hall–Kier alpha value is -3.94. The van der Waals surface area contributed by atoms with Crippen molar-refractivity contribution in [2.24, 2.45) is 10.2 Å². The van der Waals surface area contributed by atoms with Crippen molar-refractivity contribution in [2.45, 2.75) is 31.1 Å². The third-order valence-corrected chi connectivity index (χ3v) is 8.98. The van der Waals surface area contributed by atoms with Crippen molar-refractivity contribution in [1.29, 1.82) is 0 Å². The van der Waals surface area contributed by atoms with Gasteiger partial charge in [0, 0.05) is 10.6 Å². The number of halogens is 1. The molecule has 0 radical (unpaired) electrons. The molecule has 0 fully saturated rings. The van der Waals surface area contributed by atoms with Gasteiger partial charge in [-0.1, -0.05) is 11.6 Å². The SMILES string of the molecule is COC(=O)c1c(NC(=O)/C(N=Nc2ccc(Cl)c(S(=O)(=O)Nc3ccc(OC)cc3)c2)=C(/C)O)sc2c1CCC2. The van der Waals surface area contributed by atoms with Crippen LogP contribution < -0.4 is 14.8 Å². The number of aliphatic hydroxyl groups is 1. The number of hydrogen-bond donors (Lipinski definition) is 3. The molecular formula is C26H25ClN4O7S2. The summed E-state index contributed by atoms with van der Waals surface area (Å²) in [6.45, 7) is 1.25. The number of anilines is 2. The van der Waals surface area contributed by atoms with E-state index in [0.717, 1.165) is 23.3 Å². The number of amides is 1. The number of sulfonamides is 1. The molecule has 0 unspecified atom stereocenters. The molecule has 40 heavy (non-hydrogen) atoms. The van der Waals surface area contributed by atoms with E-state index in [0.29, 0.717) is 17.2 Å². The molecule has 2 aromatic carbocycles. The highest BCUT2D eigenvalue weighted by atomic mass is 35.5. The number of nitrogens with zero attached hydrogens (tertiary/aromatic N) is 2. The molecule has 1 aliphatic rings. The second kappa shape index (κ2) is 12.1. The summed E-state index contributed by atoms with van der Waals surface area (Å²) >= 11 is 7.44. The predicted octanol–water partition coefficient (Wildman–Crippen LogP) is 6.00. The van der Waals surface area contributed by atoms with E-state index in [1.807, 2.05) is 0 Å². The molecule has 0 bridgehead atoms. The first-order valence-corrected chi connectivity index (χ1v) is 14.5. The van der Waals surface area contributed by atoms with Gasteiger partial charge in [-0.05, 0) is 74.2 Å². The van der Waals surface area contributed by atoms with Crippen LogP contribution in [0.2, 0.25) is 5.02 Å². The number of allylic oxidation sites excluding steroid dienone is 1. The second-order valence-corrected chi connectivity index (χ2v) is 11.8. The topological polar surface area (TPSA) is 156 Å². The highest BCUT2D eigenvalue weighted by Crippen LogP contribution is 2.40. The number of azo groups is 1. The highest BCUT2D eigenvalue weighted by molar-refractivity contribution is 7.92. The van der Waals surface area contributed by atoms with E-state index in [9.17, 15) is 23.1 Å². The largest absolute Gasteiger partial charge is 0.510 e. The third kappa shape index (κ3) is 6.27. The van der Waals surface area contributed by atoms with Crippen LogP contribution in [0, 0.1) is 0 Å². The van der Waals surface area contributed by atoms with Gasteiger partial charge in [0.05, 0.1) is 30.5 Å². The summed E-state index contributed by atoms with van der Waals surface area (Å²) in [6, 6.07) is 10.2. The molecule has 0 atom stereocenters. The summed E-state index contributed by atoms with van der Waals surface area (Å²) in [5, 5.41) is 20.8. The van der Waals surface area contributed by atoms with Gasteiger partial charge in [-0.15, -0.1) is 16.5 Å². The minimum Gasteiger partial charge on any atom is -0.510 e. The average Bonchev–Trinajstić information content (AvgIpc) is 3.50. The van der Waals surface area contributed by atoms with Gasteiger partial charge in [0.15, 0.2) is 5.70 Å². The van der Waals surface area contributed by atoms with Crippen LogP contribution in [0.25, 0.3) is 0 Å². The lowest BCUT2D eigenvalue weighted by Crippen LogP contribution is -2.16. The normalized spacial score (nSPS) is 13.5. The van der Waals surface area contributed by atoms with Crippen LogP contribution in [-0.4, -0.2) is 39.6 Å². The molecule has 3 N–H and O–H groups in total. The highest BCUT2D eigenvalue weighted by Gasteiger charge is 2.29. The van der Waals surface area contributed by atoms with Crippen molar-refractivity contribution in [3.05, 3.63) is 74.9 Å². The fourth-order valence-electron chi connectivity index (χ4n) is 3.99. The summed E-state index contributed by atoms with van der Waals surface area (Å²) < 4.78 is 38.4. The molecule has 1 aromatic heterocycles. The Labute approximate surface area is 239 Å². The zero-order valence-electron chi connectivity index (χ0n) is 21.6. The van der Waals surface area contributed by atoms with Crippen molar-refractivity contribution in [3.63, 3.8) is 0 Å². The molecule has 11 nitrogen and oxygen atoms in total. The van der Waals surface area contributed by atoms with Crippen molar-refractivity contribution in [3.8, 4) is 5.75 Å². The quantitative estimate of drug-likeness (QED) is 0.117. The average molecular weight is 605 g/mol. The van der Waals surface area contributed by atoms with Crippen LogP contribution in [-0.2, 0) is 32.4 Å². The molecule has 1 aliphatic carbocycles. The van der Waals surface area contributed by atoms with E-state index < -0.39 is 33.4 Å². The monoisotopic (exact) mass is 604 g/mol. The third-order valence-electron chi connectivity index (χ3n) is 5.91. The molecule has 210 valence electrons. The maximum absolute atomic E-state index is 13.0. The van der Waals surface area contributed by atoms with Gasteiger partial charge in [-0.25, -0.2) is 13.2 Å². The first-order valence-electron chi connectivity index (χ1n) is 11.9. The number of hydrogen-bond acceptors (Lipinski definition) is 10. The van der Waals surface area contributed by atoms with Crippen LogP contribution in [0.3, 0.4) is 0 Å². The van der Waals surface area contributed by atoms with Crippen molar-refractivity contribution < 1.29 is 32.6 Å². The number of fused-ring (bicyclic) bond motifs is 1. The summed E-state index contributed by atoms with van der Waals surface area (Å²) in [7, 11) is -1.36. The number of aryl methyl sites for hydroxylation is 1. The van der Waals surface area contributed by atoms with Crippen LogP contribution >= 0.6 is 22.9 Å². The molecule has 4 rings (SSSR count). The van der Waals surface area contributed by atoms with E-state index >= 15 is 0 Å². The van der Waals surface area contributed by atoms with Gasteiger partial charge >= 0.3 is 5.97 Å². The van der Waals surface area contributed by atoms with Crippen molar-refractivity contribution in [2.75, 3.05) is 24.3 Å². The number of benzene rings is 2. The van der Waals surface area contributed by atoms with Gasteiger partial charge in [0.1, 0.15) is 21.4 Å². The van der Waals surface area contributed by atoms with Crippen LogP contribution in [0.15, 0.2) is 69.0 Å². The minimum atomic E-state index is -4.12. The number of carbonyl (C=O) groups is 2. The van der Waals surface area contributed by atoms with E-state index in [2.05, 4.69) is 20.3 Å². The van der Waals surface area contributed by atoms with Crippen molar-refractivity contribution >= 4 is 61.2 Å². The van der Waals surface area contributed by atoms with E-state index in [1.54, 1.807) is 12.1 Å². The Morgan fingerprint density at radius 1 is 1.10 bits per heavy atom. The Balaban J connectivity index is 1.57.